The second-order valence-electron chi connectivity index (χ2n) is 5.62. The van der Waals surface area contributed by atoms with Gasteiger partial charge in [-0.1, -0.05) is 12.1 Å². The second kappa shape index (κ2) is 10.2. The van der Waals surface area contributed by atoms with Crippen molar-refractivity contribution in [1.82, 2.24) is 15.0 Å². The number of aromatic nitrogens is 3. The van der Waals surface area contributed by atoms with Crippen molar-refractivity contribution < 1.29 is 43.2 Å². The van der Waals surface area contributed by atoms with Gasteiger partial charge in [0.05, 0.1) is 39.9 Å². The molecule has 0 saturated carbocycles. The summed E-state index contributed by atoms with van der Waals surface area (Å²) in [6, 6.07) is 9.47. The van der Waals surface area contributed by atoms with Gasteiger partial charge in [-0.25, -0.2) is 4.98 Å². The largest absolute Gasteiger partial charge is 1.00 e. The van der Waals surface area contributed by atoms with Crippen molar-refractivity contribution in [3.8, 4) is 5.75 Å². The molecule has 3 rings (SSSR count). The maximum Gasteiger partial charge on any atom is 1.00 e. The van der Waals surface area contributed by atoms with E-state index in [-0.39, 0.29) is 29.6 Å². The minimum Gasteiger partial charge on any atom is -0.493 e. The van der Waals surface area contributed by atoms with Crippen molar-refractivity contribution in [3.05, 3.63) is 47.8 Å². The third-order valence-electron chi connectivity index (χ3n) is 3.86. The van der Waals surface area contributed by atoms with Crippen LogP contribution < -0.4 is 34.3 Å². The Labute approximate surface area is 177 Å². The molecule has 0 aliphatic heterocycles. The van der Waals surface area contributed by atoms with Crippen LogP contribution in [0.15, 0.2) is 41.7 Å². The van der Waals surface area contributed by atoms with Crippen LogP contribution in [-0.2, 0) is 21.3 Å². The molecule has 26 heavy (non-hydrogen) atoms. The first kappa shape index (κ1) is 21.1. The van der Waals surface area contributed by atoms with Gasteiger partial charge in [-0.2, -0.15) is 0 Å². The van der Waals surface area contributed by atoms with E-state index in [9.17, 15) is 4.21 Å². The monoisotopic (exact) mass is 382 g/mol. The predicted octanol–water partition coefficient (Wildman–Crippen LogP) is -0.00658. The number of para-hydroxylation sites is 2. The molecule has 0 radical (unpaired) electrons. The average Bonchev–Trinajstić information content (AvgIpc) is 3.06. The molecule has 3 aromatic rings. The van der Waals surface area contributed by atoms with E-state index >= 15 is 0 Å². The molecule has 0 aliphatic carbocycles. The van der Waals surface area contributed by atoms with Gasteiger partial charge in [-0.05, 0) is 25.1 Å². The number of rotatable bonds is 8. The molecule has 0 aliphatic rings. The number of nitrogens with one attached hydrogen (secondary N) is 1. The van der Waals surface area contributed by atoms with Crippen molar-refractivity contribution in [2.24, 2.45) is 0 Å². The van der Waals surface area contributed by atoms with Crippen LogP contribution in [0, 0.1) is 6.92 Å². The fourth-order valence-electron chi connectivity index (χ4n) is 2.48. The van der Waals surface area contributed by atoms with Crippen LogP contribution in [0.1, 0.15) is 17.7 Å². The zero-order valence-electron chi connectivity index (χ0n) is 15.3. The SMILES string of the molecule is COCCCOc1ccnc(CS(=O)c2nc3ccccc3[nH]2)c1C.[Na+]. The van der Waals surface area contributed by atoms with E-state index < -0.39 is 10.8 Å². The molecule has 0 saturated heterocycles. The van der Waals surface area contributed by atoms with Crippen LogP contribution in [0.5, 0.6) is 5.75 Å². The number of fused-ring (bicyclic) bond motifs is 1. The Balaban J connectivity index is 0.00000243. The van der Waals surface area contributed by atoms with Crippen LogP contribution >= 0.6 is 0 Å². The van der Waals surface area contributed by atoms with Gasteiger partial charge in [0.2, 0.25) is 0 Å². The van der Waals surface area contributed by atoms with Crippen LogP contribution in [0.3, 0.4) is 0 Å². The number of H-pyrrole nitrogens is 1. The first-order chi connectivity index (χ1) is 12.2. The third kappa shape index (κ3) is 5.14. The minimum atomic E-state index is -1.30. The summed E-state index contributed by atoms with van der Waals surface area (Å²) >= 11 is 0. The number of nitrogens with zero attached hydrogens (tertiary/aromatic N) is 2. The van der Waals surface area contributed by atoms with E-state index in [4.69, 9.17) is 9.47 Å². The fraction of sp³-hybridized carbons (Fsp3) is 0.333. The first-order valence-electron chi connectivity index (χ1n) is 8.08. The maximum atomic E-state index is 12.7. The summed E-state index contributed by atoms with van der Waals surface area (Å²) in [5.41, 5.74) is 3.35. The van der Waals surface area contributed by atoms with Gasteiger partial charge in [0.1, 0.15) is 5.75 Å². The Morgan fingerprint density at radius 1 is 1.19 bits per heavy atom. The Bertz CT molecular complexity index is 852. The zero-order chi connectivity index (χ0) is 17.6. The summed E-state index contributed by atoms with van der Waals surface area (Å²) in [7, 11) is 0.371. The van der Waals surface area contributed by atoms with E-state index in [0.717, 1.165) is 34.5 Å². The first-order valence-corrected chi connectivity index (χ1v) is 9.40. The number of aromatic amines is 1. The molecular weight excluding hydrogens is 361 g/mol. The topological polar surface area (TPSA) is 77.1 Å². The van der Waals surface area contributed by atoms with Gasteiger partial charge >= 0.3 is 29.6 Å². The van der Waals surface area contributed by atoms with Gasteiger partial charge in [-0.3, -0.25) is 9.19 Å². The maximum absolute atomic E-state index is 12.7. The van der Waals surface area contributed by atoms with Crippen LogP contribution in [-0.4, -0.2) is 39.5 Å². The smallest absolute Gasteiger partial charge is 0.493 e. The van der Waals surface area contributed by atoms with Crippen LogP contribution in [0.25, 0.3) is 11.0 Å². The minimum absolute atomic E-state index is 0. The Morgan fingerprint density at radius 3 is 2.77 bits per heavy atom. The van der Waals surface area contributed by atoms with E-state index in [1.54, 1.807) is 13.3 Å². The van der Waals surface area contributed by atoms with Gasteiger partial charge < -0.3 is 14.5 Å². The summed E-state index contributed by atoms with van der Waals surface area (Å²) in [6.07, 6.45) is 2.50. The summed E-state index contributed by atoms with van der Waals surface area (Å²) in [4.78, 5) is 11.9. The standard InChI is InChI=1S/C18H21N3O3S.Na/c1-13-16(19-9-8-17(13)24-11-5-10-23-2)12-25(22)18-20-14-6-3-4-7-15(14)21-18;/h3-4,6-9H,5,10-12H2,1-2H3,(H,20,21);/q;+1. The van der Waals surface area contributed by atoms with Crippen LogP contribution in [0.4, 0.5) is 0 Å². The summed E-state index contributed by atoms with van der Waals surface area (Å²) in [5.74, 6) is 1.06. The summed E-state index contributed by atoms with van der Waals surface area (Å²) in [5, 5.41) is 0.466. The molecule has 1 atom stereocenters. The summed E-state index contributed by atoms with van der Waals surface area (Å²) < 4.78 is 23.5. The number of hydrogen-bond donors (Lipinski definition) is 1. The van der Waals surface area contributed by atoms with Gasteiger partial charge in [0, 0.05) is 31.9 Å². The van der Waals surface area contributed by atoms with E-state index in [2.05, 4.69) is 15.0 Å². The molecule has 1 unspecified atom stereocenters. The molecular formula is C18H21N3NaO3S+. The van der Waals surface area contributed by atoms with E-state index in [0.29, 0.717) is 24.1 Å². The normalized spacial score (nSPS) is 11.9. The molecule has 2 aromatic heterocycles. The second-order valence-corrected chi connectivity index (χ2v) is 6.99. The molecule has 2 heterocycles. The van der Waals surface area contributed by atoms with Gasteiger partial charge in [-0.15, -0.1) is 0 Å². The number of benzene rings is 1. The summed E-state index contributed by atoms with van der Waals surface area (Å²) in [6.45, 7) is 3.17. The molecule has 1 N–H and O–H groups in total. The van der Waals surface area contributed by atoms with Crippen LogP contribution in [0.2, 0.25) is 0 Å². The fourth-order valence-corrected chi connectivity index (χ4v) is 3.58. The van der Waals surface area contributed by atoms with Crippen molar-refractivity contribution in [2.75, 3.05) is 20.3 Å². The van der Waals surface area contributed by atoms with E-state index in [1.165, 1.54) is 0 Å². The number of hydrogen-bond acceptors (Lipinski definition) is 5. The van der Waals surface area contributed by atoms with Crippen molar-refractivity contribution >= 4 is 21.8 Å². The van der Waals surface area contributed by atoms with Crippen molar-refractivity contribution in [1.29, 1.82) is 0 Å². The van der Waals surface area contributed by atoms with Gasteiger partial charge in [0.25, 0.3) is 0 Å². The third-order valence-corrected chi connectivity index (χ3v) is 5.02. The molecule has 0 bridgehead atoms. The number of methoxy groups -OCH3 is 1. The van der Waals surface area contributed by atoms with Crippen molar-refractivity contribution in [2.45, 2.75) is 24.3 Å². The Morgan fingerprint density at radius 2 is 2.00 bits per heavy atom. The van der Waals surface area contributed by atoms with Crippen molar-refractivity contribution in [3.63, 3.8) is 0 Å². The Hall–Kier alpha value is -1.25. The number of ether oxygens (including phenoxy) is 2. The molecule has 132 valence electrons. The molecule has 1 aromatic carbocycles. The quantitative estimate of drug-likeness (QED) is 0.438. The van der Waals surface area contributed by atoms with E-state index in [1.807, 2.05) is 37.3 Å². The zero-order valence-corrected chi connectivity index (χ0v) is 18.1. The molecule has 8 heteroatoms. The molecule has 6 nitrogen and oxygen atoms in total. The molecule has 0 amide bonds. The van der Waals surface area contributed by atoms with Gasteiger partial charge in [0.15, 0.2) is 5.16 Å². The Kier molecular flexibility index (Phi) is 8.24. The molecule has 0 spiro atoms. The predicted molar refractivity (Wildman–Crippen MR) is 97.2 cm³/mol. The average molecular weight is 382 g/mol. The molecule has 0 fully saturated rings. The number of pyridine rings is 1. The number of imidazole rings is 1.